The molecule has 1 amide bonds. The Labute approximate surface area is 122 Å². The van der Waals surface area contributed by atoms with Gasteiger partial charge < -0.3 is 10.1 Å². The van der Waals surface area contributed by atoms with Crippen molar-refractivity contribution in [3.8, 4) is 0 Å². The maximum Gasteiger partial charge on any atom is 0.359 e. The number of amides is 1. The van der Waals surface area contributed by atoms with Crippen LogP contribution in [0.5, 0.6) is 0 Å². The summed E-state index contributed by atoms with van der Waals surface area (Å²) in [5.74, 6) is -0.390. The Morgan fingerprint density at radius 2 is 2.10 bits per heavy atom. The van der Waals surface area contributed by atoms with Crippen LogP contribution in [0.2, 0.25) is 0 Å². The van der Waals surface area contributed by atoms with E-state index in [1.807, 2.05) is 18.2 Å². The van der Waals surface area contributed by atoms with E-state index in [9.17, 15) is 9.59 Å². The molecule has 6 heteroatoms. The SMILES string of the molecule is CC(C)CCNC(=O)COC(=O)c1n[nH]c2ccccc12. The van der Waals surface area contributed by atoms with Gasteiger partial charge in [0.25, 0.3) is 5.91 Å². The summed E-state index contributed by atoms with van der Waals surface area (Å²) in [6, 6.07) is 7.25. The fourth-order valence-electron chi connectivity index (χ4n) is 1.87. The number of nitrogens with one attached hydrogen (secondary N) is 2. The normalized spacial score (nSPS) is 10.8. The van der Waals surface area contributed by atoms with Crippen LogP contribution in [-0.4, -0.2) is 35.2 Å². The number of carbonyl (C=O) groups is 2. The summed E-state index contributed by atoms with van der Waals surface area (Å²) in [5, 5.41) is 10.1. The van der Waals surface area contributed by atoms with Gasteiger partial charge in [-0.25, -0.2) is 4.79 Å². The highest BCUT2D eigenvalue weighted by atomic mass is 16.5. The van der Waals surface area contributed by atoms with Crippen molar-refractivity contribution in [2.75, 3.05) is 13.2 Å². The first kappa shape index (κ1) is 15.0. The molecule has 0 aliphatic heterocycles. The molecule has 0 radical (unpaired) electrons. The molecule has 0 atom stereocenters. The summed E-state index contributed by atoms with van der Waals surface area (Å²) in [7, 11) is 0. The number of H-pyrrole nitrogens is 1. The van der Waals surface area contributed by atoms with E-state index < -0.39 is 5.97 Å². The number of carbonyl (C=O) groups excluding carboxylic acids is 2. The van der Waals surface area contributed by atoms with Gasteiger partial charge in [0.1, 0.15) is 0 Å². The van der Waals surface area contributed by atoms with E-state index in [2.05, 4.69) is 29.4 Å². The number of benzene rings is 1. The molecular weight excluding hydrogens is 270 g/mol. The van der Waals surface area contributed by atoms with Crippen molar-refractivity contribution in [1.82, 2.24) is 15.5 Å². The summed E-state index contributed by atoms with van der Waals surface area (Å²) in [6.07, 6.45) is 0.893. The quantitative estimate of drug-likeness (QED) is 0.795. The van der Waals surface area contributed by atoms with E-state index in [0.717, 1.165) is 11.9 Å². The minimum Gasteiger partial charge on any atom is -0.451 e. The lowest BCUT2D eigenvalue weighted by Gasteiger charge is -2.07. The monoisotopic (exact) mass is 289 g/mol. The molecule has 0 saturated heterocycles. The maximum absolute atomic E-state index is 11.9. The number of fused-ring (bicyclic) bond motifs is 1. The zero-order valence-electron chi connectivity index (χ0n) is 12.2. The van der Waals surface area contributed by atoms with Crippen LogP contribution in [0.15, 0.2) is 24.3 Å². The number of aromatic amines is 1. The van der Waals surface area contributed by atoms with Gasteiger partial charge in [-0.05, 0) is 18.4 Å². The number of hydrogen-bond acceptors (Lipinski definition) is 4. The molecule has 0 saturated carbocycles. The number of nitrogens with zero attached hydrogens (tertiary/aromatic N) is 1. The van der Waals surface area contributed by atoms with Gasteiger partial charge in [-0.15, -0.1) is 0 Å². The highest BCUT2D eigenvalue weighted by molar-refractivity contribution is 6.02. The molecule has 0 fully saturated rings. The van der Waals surface area contributed by atoms with Gasteiger partial charge in [0.15, 0.2) is 12.3 Å². The molecule has 2 N–H and O–H groups in total. The fraction of sp³-hybridized carbons (Fsp3) is 0.400. The van der Waals surface area contributed by atoms with Crippen LogP contribution in [0.25, 0.3) is 10.9 Å². The summed E-state index contributed by atoms with van der Waals surface area (Å²) >= 11 is 0. The topological polar surface area (TPSA) is 84.1 Å². The van der Waals surface area contributed by atoms with Crippen molar-refractivity contribution in [1.29, 1.82) is 0 Å². The minimum absolute atomic E-state index is 0.195. The Morgan fingerprint density at radius 3 is 2.86 bits per heavy atom. The van der Waals surface area contributed by atoms with Crippen molar-refractivity contribution in [2.24, 2.45) is 5.92 Å². The van der Waals surface area contributed by atoms with Crippen molar-refractivity contribution in [3.63, 3.8) is 0 Å². The molecule has 112 valence electrons. The van der Waals surface area contributed by atoms with E-state index in [1.165, 1.54) is 0 Å². The molecule has 0 spiro atoms. The van der Waals surface area contributed by atoms with E-state index in [1.54, 1.807) is 6.07 Å². The Bertz CT molecular complexity index is 634. The lowest BCUT2D eigenvalue weighted by molar-refractivity contribution is -0.124. The number of hydrogen-bond donors (Lipinski definition) is 2. The summed E-state index contributed by atoms with van der Waals surface area (Å²) in [5.41, 5.74) is 0.950. The second kappa shape index (κ2) is 6.88. The van der Waals surface area contributed by atoms with Gasteiger partial charge >= 0.3 is 5.97 Å². The van der Waals surface area contributed by atoms with Crippen molar-refractivity contribution in [2.45, 2.75) is 20.3 Å². The molecular formula is C15H19N3O3. The lowest BCUT2D eigenvalue weighted by Crippen LogP contribution is -2.30. The van der Waals surface area contributed by atoms with E-state index >= 15 is 0 Å². The van der Waals surface area contributed by atoms with Crippen LogP contribution < -0.4 is 5.32 Å². The number of aromatic nitrogens is 2. The maximum atomic E-state index is 11.9. The number of rotatable bonds is 6. The standard InChI is InChI=1S/C15H19N3O3/c1-10(2)7-8-16-13(19)9-21-15(20)14-11-5-3-4-6-12(11)17-18-14/h3-6,10H,7-9H2,1-2H3,(H,16,19)(H,17,18). The number of para-hydroxylation sites is 1. The van der Waals surface area contributed by atoms with Crippen LogP contribution in [0.3, 0.4) is 0 Å². The minimum atomic E-state index is -0.605. The molecule has 0 bridgehead atoms. The molecule has 0 aliphatic rings. The Balaban J connectivity index is 1.86. The first-order valence-corrected chi connectivity index (χ1v) is 6.95. The number of esters is 1. The molecule has 1 aromatic carbocycles. The molecule has 2 rings (SSSR count). The Morgan fingerprint density at radius 1 is 1.33 bits per heavy atom. The molecule has 6 nitrogen and oxygen atoms in total. The summed E-state index contributed by atoms with van der Waals surface area (Å²) in [4.78, 5) is 23.5. The lowest BCUT2D eigenvalue weighted by atomic mass is 10.1. The molecule has 1 aromatic heterocycles. The second-order valence-corrected chi connectivity index (χ2v) is 5.23. The van der Waals surface area contributed by atoms with Gasteiger partial charge in [0.2, 0.25) is 0 Å². The first-order valence-electron chi connectivity index (χ1n) is 6.95. The van der Waals surface area contributed by atoms with Gasteiger partial charge in [-0.1, -0.05) is 32.0 Å². The number of ether oxygens (including phenoxy) is 1. The van der Waals surface area contributed by atoms with Crippen LogP contribution >= 0.6 is 0 Å². The predicted molar refractivity (Wildman–Crippen MR) is 78.8 cm³/mol. The van der Waals surface area contributed by atoms with Gasteiger partial charge in [-0.2, -0.15) is 5.10 Å². The molecule has 0 unspecified atom stereocenters. The van der Waals surface area contributed by atoms with E-state index in [-0.39, 0.29) is 18.2 Å². The zero-order valence-corrected chi connectivity index (χ0v) is 12.2. The average molecular weight is 289 g/mol. The summed E-state index contributed by atoms with van der Waals surface area (Å²) < 4.78 is 4.98. The molecule has 1 heterocycles. The third kappa shape index (κ3) is 4.05. The van der Waals surface area contributed by atoms with E-state index in [0.29, 0.717) is 17.8 Å². The van der Waals surface area contributed by atoms with Gasteiger partial charge in [0.05, 0.1) is 5.52 Å². The molecule has 0 aliphatic carbocycles. The van der Waals surface area contributed by atoms with Crippen LogP contribution in [-0.2, 0) is 9.53 Å². The molecule has 2 aromatic rings. The molecule has 21 heavy (non-hydrogen) atoms. The summed E-state index contributed by atoms with van der Waals surface area (Å²) in [6.45, 7) is 4.45. The van der Waals surface area contributed by atoms with Crippen molar-refractivity contribution >= 4 is 22.8 Å². The van der Waals surface area contributed by atoms with Gasteiger partial charge in [0, 0.05) is 11.9 Å². The first-order chi connectivity index (χ1) is 10.1. The second-order valence-electron chi connectivity index (χ2n) is 5.23. The zero-order chi connectivity index (χ0) is 15.2. The van der Waals surface area contributed by atoms with Crippen molar-refractivity contribution < 1.29 is 14.3 Å². The Hall–Kier alpha value is -2.37. The fourth-order valence-corrected chi connectivity index (χ4v) is 1.87. The Kier molecular flexibility index (Phi) is 4.92. The van der Waals surface area contributed by atoms with Crippen LogP contribution in [0.1, 0.15) is 30.8 Å². The third-order valence-corrected chi connectivity index (χ3v) is 3.04. The third-order valence-electron chi connectivity index (χ3n) is 3.04. The van der Waals surface area contributed by atoms with Crippen LogP contribution in [0.4, 0.5) is 0 Å². The largest absolute Gasteiger partial charge is 0.451 e. The van der Waals surface area contributed by atoms with Gasteiger partial charge in [-0.3, -0.25) is 9.89 Å². The van der Waals surface area contributed by atoms with Crippen LogP contribution in [0, 0.1) is 5.92 Å². The smallest absolute Gasteiger partial charge is 0.359 e. The van der Waals surface area contributed by atoms with E-state index in [4.69, 9.17) is 4.74 Å². The van der Waals surface area contributed by atoms with Crippen molar-refractivity contribution in [3.05, 3.63) is 30.0 Å². The average Bonchev–Trinajstić information content (AvgIpc) is 2.88. The highest BCUT2D eigenvalue weighted by Gasteiger charge is 2.16. The highest BCUT2D eigenvalue weighted by Crippen LogP contribution is 2.15. The predicted octanol–water partition coefficient (Wildman–Crippen LogP) is 1.88.